The van der Waals surface area contributed by atoms with Crippen LogP contribution in [0.4, 0.5) is 0 Å². The van der Waals surface area contributed by atoms with Crippen molar-refractivity contribution in [1.29, 1.82) is 0 Å². The van der Waals surface area contributed by atoms with Gasteiger partial charge in [-0.05, 0) is 43.2 Å². The lowest BCUT2D eigenvalue weighted by Gasteiger charge is -2.14. The summed E-state index contributed by atoms with van der Waals surface area (Å²) in [5, 5.41) is 0.637. The number of carbonyl (C=O) groups excluding carboxylic acids is 2. The van der Waals surface area contributed by atoms with Gasteiger partial charge in [-0.25, -0.2) is 0 Å². The second-order valence-electron chi connectivity index (χ2n) is 7.32. The van der Waals surface area contributed by atoms with Gasteiger partial charge in [0, 0.05) is 17.1 Å². The number of amides is 1. The summed E-state index contributed by atoms with van der Waals surface area (Å²) in [6, 6.07) is 13.0. The minimum atomic E-state index is -0.339. The number of thioether (sulfide) groups is 1. The Hall–Kier alpha value is -2.55. The minimum Gasteiger partial charge on any atom is -0.490 e. The van der Waals surface area contributed by atoms with Crippen molar-refractivity contribution in [3.8, 4) is 11.5 Å². The largest absolute Gasteiger partial charge is 0.490 e. The van der Waals surface area contributed by atoms with Crippen LogP contribution in [0.1, 0.15) is 37.8 Å². The fourth-order valence-corrected chi connectivity index (χ4v) is 4.61. The molecule has 2 aromatic carbocycles. The standard InChI is InChI=1S/C25H26ClNO5S2/c1-3-13-31-23(28)11-12-27-24(29)22(34-25(27)33)15-17-9-10-20(21(14-17)30-4-2)32-16-18-7-5-6-8-19(18)26/h5-10,14-15H,3-4,11-13,16H2,1-2H3/b22-15-. The smallest absolute Gasteiger partial charge is 0.307 e. The molecule has 0 N–H and O–H groups in total. The van der Waals surface area contributed by atoms with Crippen LogP contribution >= 0.6 is 35.6 Å². The van der Waals surface area contributed by atoms with Crippen LogP contribution in [0.15, 0.2) is 47.4 Å². The van der Waals surface area contributed by atoms with E-state index in [9.17, 15) is 9.59 Å². The first-order valence-corrected chi connectivity index (χ1v) is 12.6. The molecule has 0 atom stereocenters. The maximum Gasteiger partial charge on any atom is 0.307 e. The summed E-state index contributed by atoms with van der Waals surface area (Å²) in [5.74, 6) is 0.582. The second kappa shape index (κ2) is 12.8. The molecular weight excluding hydrogens is 494 g/mol. The molecule has 1 amide bonds. The van der Waals surface area contributed by atoms with Crippen LogP contribution in [-0.2, 0) is 20.9 Å². The molecule has 0 spiro atoms. The lowest BCUT2D eigenvalue weighted by Crippen LogP contribution is -2.30. The Balaban J connectivity index is 1.70. The molecular formula is C25H26ClNO5S2. The molecule has 180 valence electrons. The van der Waals surface area contributed by atoms with Crippen molar-refractivity contribution in [2.75, 3.05) is 19.8 Å². The number of thiocarbonyl (C=S) groups is 1. The molecule has 9 heteroatoms. The highest BCUT2D eigenvalue weighted by molar-refractivity contribution is 8.26. The van der Waals surface area contributed by atoms with E-state index in [0.29, 0.717) is 45.6 Å². The van der Waals surface area contributed by atoms with Gasteiger partial charge in [-0.15, -0.1) is 0 Å². The Kier molecular flexibility index (Phi) is 9.80. The highest BCUT2D eigenvalue weighted by Gasteiger charge is 2.32. The summed E-state index contributed by atoms with van der Waals surface area (Å²) in [6.45, 7) is 5.15. The Labute approximate surface area is 214 Å². The summed E-state index contributed by atoms with van der Waals surface area (Å²) < 4.78 is 17.2. The number of rotatable bonds is 11. The lowest BCUT2D eigenvalue weighted by atomic mass is 10.1. The molecule has 1 aliphatic heterocycles. The molecule has 0 radical (unpaired) electrons. The van der Waals surface area contributed by atoms with Crippen LogP contribution in [0, 0.1) is 0 Å². The van der Waals surface area contributed by atoms with Crippen LogP contribution in [0.25, 0.3) is 6.08 Å². The number of carbonyl (C=O) groups is 2. The van der Waals surface area contributed by atoms with Gasteiger partial charge in [0.2, 0.25) is 0 Å². The van der Waals surface area contributed by atoms with Crippen molar-refractivity contribution >= 4 is 57.9 Å². The molecule has 1 saturated heterocycles. The number of benzene rings is 2. The number of esters is 1. The van der Waals surface area contributed by atoms with E-state index in [2.05, 4.69) is 0 Å². The van der Waals surface area contributed by atoms with Gasteiger partial charge >= 0.3 is 5.97 Å². The Morgan fingerprint density at radius 1 is 1.15 bits per heavy atom. The maximum atomic E-state index is 12.8. The van der Waals surface area contributed by atoms with Gasteiger partial charge in [-0.1, -0.05) is 66.8 Å². The molecule has 0 saturated carbocycles. The van der Waals surface area contributed by atoms with Crippen LogP contribution < -0.4 is 9.47 Å². The van der Waals surface area contributed by atoms with Gasteiger partial charge in [-0.3, -0.25) is 14.5 Å². The fraction of sp³-hybridized carbons (Fsp3) is 0.320. The Morgan fingerprint density at radius 2 is 1.94 bits per heavy atom. The van der Waals surface area contributed by atoms with Crippen molar-refractivity contribution in [3.63, 3.8) is 0 Å². The lowest BCUT2D eigenvalue weighted by molar-refractivity contribution is -0.143. The molecule has 1 heterocycles. The van der Waals surface area contributed by atoms with Crippen molar-refractivity contribution in [2.24, 2.45) is 0 Å². The van der Waals surface area contributed by atoms with E-state index in [1.54, 1.807) is 12.1 Å². The molecule has 0 bridgehead atoms. The van der Waals surface area contributed by atoms with Crippen molar-refractivity contribution < 1.29 is 23.8 Å². The van der Waals surface area contributed by atoms with Crippen molar-refractivity contribution in [1.82, 2.24) is 4.90 Å². The first-order valence-electron chi connectivity index (χ1n) is 11.0. The topological polar surface area (TPSA) is 65.1 Å². The van der Waals surface area contributed by atoms with Crippen LogP contribution in [-0.4, -0.2) is 40.9 Å². The summed E-state index contributed by atoms with van der Waals surface area (Å²) in [5.41, 5.74) is 1.65. The van der Waals surface area contributed by atoms with Gasteiger partial charge in [0.05, 0.1) is 24.5 Å². The van der Waals surface area contributed by atoms with E-state index in [0.717, 1.165) is 17.5 Å². The quantitative estimate of drug-likeness (QED) is 0.209. The van der Waals surface area contributed by atoms with Gasteiger partial charge < -0.3 is 14.2 Å². The number of hydrogen-bond acceptors (Lipinski definition) is 7. The molecule has 34 heavy (non-hydrogen) atoms. The van der Waals surface area contributed by atoms with Crippen LogP contribution in [0.2, 0.25) is 5.02 Å². The van der Waals surface area contributed by atoms with Gasteiger partial charge in [-0.2, -0.15) is 0 Å². The summed E-state index contributed by atoms with van der Waals surface area (Å²) >= 11 is 12.8. The zero-order valence-corrected chi connectivity index (χ0v) is 21.4. The van der Waals surface area contributed by atoms with E-state index < -0.39 is 0 Å². The number of nitrogens with zero attached hydrogens (tertiary/aromatic N) is 1. The molecule has 3 rings (SSSR count). The monoisotopic (exact) mass is 519 g/mol. The van der Waals surface area contributed by atoms with Crippen LogP contribution in [0.5, 0.6) is 11.5 Å². The SMILES string of the molecule is CCCOC(=O)CCN1C(=O)/C(=C/c2ccc(OCc3ccccc3Cl)c(OCC)c2)SC1=S. The van der Waals surface area contributed by atoms with E-state index in [1.807, 2.05) is 50.2 Å². The third kappa shape index (κ3) is 6.98. The van der Waals surface area contributed by atoms with Gasteiger partial charge in [0.1, 0.15) is 10.9 Å². The van der Waals surface area contributed by atoms with E-state index in [4.69, 9.17) is 38.0 Å². The van der Waals surface area contributed by atoms with E-state index in [1.165, 1.54) is 16.7 Å². The average Bonchev–Trinajstić information content (AvgIpc) is 3.09. The number of halogens is 1. The zero-order valence-electron chi connectivity index (χ0n) is 19.0. The summed E-state index contributed by atoms with van der Waals surface area (Å²) in [7, 11) is 0. The van der Waals surface area contributed by atoms with Gasteiger partial charge in [0.25, 0.3) is 5.91 Å². The molecule has 0 unspecified atom stereocenters. The average molecular weight is 520 g/mol. The summed E-state index contributed by atoms with van der Waals surface area (Å²) in [6.07, 6.45) is 2.61. The molecule has 0 aliphatic carbocycles. The predicted molar refractivity (Wildman–Crippen MR) is 139 cm³/mol. The molecule has 6 nitrogen and oxygen atoms in total. The fourth-order valence-electron chi connectivity index (χ4n) is 3.11. The third-order valence-corrected chi connectivity index (χ3v) is 6.53. The number of ether oxygens (including phenoxy) is 3. The third-order valence-electron chi connectivity index (χ3n) is 4.79. The zero-order chi connectivity index (χ0) is 24.5. The Bertz CT molecular complexity index is 1090. The van der Waals surface area contributed by atoms with E-state index in [-0.39, 0.29) is 24.8 Å². The first kappa shape index (κ1) is 26.1. The van der Waals surface area contributed by atoms with Gasteiger partial charge in [0.15, 0.2) is 11.5 Å². The first-order chi connectivity index (χ1) is 16.4. The van der Waals surface area contributed by atoms with Crippen molar-refractivity contribution in [2.45, 2.75) is 33.3 Å². The molecule has 2 aromatic rings. The normalized spacial score (nSPS) is 14.6. The Morgan fingerprint density at radius 3 is 2.68 bits per heavy atom. The maximum absolute atomic E-state index is 12.8. The minimum absolute atomic E-state index is 0.103. The van der Waals surface area contributed by atoms with E-state index >= 15 is 0 Å². The molecule has 0 aromatic heterocycles. The molecule has 1 fully saturated rings. The van der Waals surface area contributed by atoms with Crippen molar-refractivity contribution in [3.05, 3.63) is 63.5 Å². The highest BCUT2D eigenvalue weighted by atomic mass is 35.5. The second-order valence-corrected chi connectivity index (χ2v) is 9.41. The number of hydrogen-bond donors (Lipinski definition) is 0. The van der Waals surface area contributed by atoms with Crippen LogP contribution in [0.3, 0.4) is 0 Å². The predicted octanol–water partition coefficient (Wildman–Crippen LogP) is 5.86. The summed E-state index contributed by atoms with van der Waals surface area (Å²) in [4.78, 5) is 26.5. The highest BCUT2D eigenvalue weighted by Crippen LogP contribution is 2.35. The molecule has 1 aliphatic rings.